The number of hydrogen-bond donors (Lipinski definition) is 1. The van der Waals surface area contributed by atoms with Crippen LogP contribution in [-0.2, 0) is 16.0 Å². The molecule has 1 N–H and O–H groups in total. The third-order valence-corrected chi connectivity index (χ3v) is 4.73. The van der Waals surface area contributed by atoms with E-state index in [1.165, 1.54) is 0 Å². The minimum atomic E-state index is -0.147. The zero-order chi connectivity index (χ0) is 17.3. The fraction of sp³-hybridized carbons (Fsp3) is 0.824. The van der Waals surface area contributed by atoms with Gasteiger partial charge in [-0.2, -0.15) is 0 Å². The summed E-state index contributed by atoms with van der Waals surface area (Å²) in [6.07, 6.45) is 7.31. The lowest BCUT2D eigenvalue weighted by molar-refractivity contribution is 0.0371. The molecule has 140 valence electrons. The standard InChI is InChI=1S/C17H29N5O3/c23-17(16-14-22(20-19-16)13-15-5-4-10-25-15)18-6-2-1-3-7-21-8-11-24-12-9-21/h14-15H,1-13H2,(H,18,23)/t15-/m1/s1. The van der Waals surface area contributed by atoms with E-state index >= 15 is 0 Å². The summed E-state index contributed by atoms with van der Waals surface area (Å²) in [6.45, 7) is 7.07. The summed E-state index contributed by atoms with van der Waals surface area (Å²) in [6, 6.07) is 0. The van der Waals surface area contributed by atoms with Crippen molar-refractivity contribution in [3.8, 4) is 0 Å². The van der Waals surface area contributed by atoms with Gasteiger partial charge >= 0.3 is 0 Å². The normalized spacial score (nSPS) is 21.5. The molecule has 0 aliphatic carbocycles. The molecule has 25 heavy (non-hydrogen) atoms. The molecule has 0 unspecified atom stereocenters. The van der Waals surface area contributed by atoms with Crippen LogP contribution in [0.25, 0.3) is 0 Å². The number of nitrogens with zero attached hydrogens (tertiary/aromatic N) is 4. The summed E-state index contributed by atoms with van der Waals surface area (Å²) >= 11 is 0. The maximum Gasteiger partial charge on any atom is 0.273 e. The Morgan fingerprint density at radius 2 is 2.12 bits per heavy atom. The van der Waals surface area contributed by atoms with Gasteiger partial charge in [-0.3, -0.25) is 9.69 Å². The first-order chi connectivity index (χ1) is 12.3. The van der Waals surface area contributed by atoms with Crippen LogP contribution >= 0.6 is 0 Å². The lowest BCUT2D eigenvalue weighted by Crippen LogP contribution is -2.36. The molecular formula is C17H29N5O3. The van der Waals surface area contributed by atoms with Gasteiger partial charge in [0.1, 0.15) is 0 Å². The Kier molecular flexibility index (Phi) is 7.20. The van der Waals surface area contributed by atoms with Crippen molar-refractivity contribution in [2.45, 2.75) is 44.8 Å². The molecule has 8 nitrogen and oxygen atoms in total. The summed E-state index contributed by atoms with van der Waals surface area (Å²) < 4.78 is 12.6. The number of rotatable bonds is 9. The van der Waals surface area contributed by atoms with Crippen LogP contribution < -0.4 is 5.32 Å². The lowest BCUT2D eigenvalue weighted by Gasteiger charge is -2.26. The van der Waals surface area contributed by atoms with Crippen molar-refractivity contribution in [2.24, 2.45) is 0 Å². The van der Waals surface area contributed by atoms with Gasteiger partial charge in [0, 0.05) is 26.2 Å². The fourth-order valence-electron chi connectivity index (χ4n) is 3.24. The summed E-state index contributed by atoms with van der Waals surface area (Å²) in [4.78, 5) is 14.5. The van der Waals surface area contributed by atoms with Crippen molar-refractivity contribution >= 4 is 5.91 Å². The molecule has 0 radical (unpaired) electrons. The molecule has 1 atom stereocenters. The lowest BCUT2D eigenvalue weighted by atomic mass is 10.2. The number of unbranched alkanes of at least 4 members (excludes halogenated alkanes) is 2. The van der Waals surface area contributed by atoms with Crippen LogP contribution in [0.3, 0.4) is 0 Å². The van der Waals surface area contributed by atoms with Gasteiger partial charge < -0.3 is 14.8 Å². The maximum absolute atomic E-state index is 12.1. The van der Waals surface area contributed by atoms with Gasteiger partial charge in [-0.25, -0.2) is 4.68 Å². The Balaban J connectivity index is 1.26. The Labute approximate surface area is 148 Å². The Hall–Kier alpha value is -1.51. The van der Waals surface area contributed by atoms with Gasteiger partial charge in [-0.15, -0.1) is 5.10 Å². The molecule has 2 fully saturated rings. The highest BCUT2D eigenvalue weighted by Gasteiger charge is 2.18. The van der Waals surface area contributed by atoms with Crippen molar-refractivity contribution in [1.29, 1.82) is 0 Å². The molecule has 0 saturated carbocycles. The first-order valence-corrected chi connectivity index (χ1v) is 9.41. The minimum absolute atomic E-state index is 0.147. The zero-order valence-corrected chi connectivity index (χ0v) is 14.9. The van der Waals surface area contributed by atoms with Crippen molar-refractivity contribution in [3.05, 3.63) is 11.9 Å². The number of nitrogens with one attached hydrogen (secondary N) is 1. The highest BCUT2D eigenvalue weighted by Crippen LogP contribution is 2.13. The fourth-order valence-corrected chi connectivity index (χ4v) is 3.24. The maximum atomic E-state index is 12.1. The van der Waals surface area contributed by atoms with Crippen LogP contribution in [0.1, 0.15) is 42.6 Å². The summed E-state index contributed by atoms with van der Waals surface area (Å²) in [5, 5.41) is 10.9. The number of carbonyl (C=O) groups is 1. The number of morpholine rings is 1. The van der Waals surface area contributed by atoms with Gasteiger partial charge in [0.25, 0.3) is 5.91 Å². The predicted molar refractivity (Wildman–Crippen MR) is 92.4 cm³/mol. The second-order valence-electron chi connectivity index (χ2n) is 6.73. The molecule has 1 aromatic rings. The number of ether oxygens (including phenoxy) is 2. The highest BCUT2D eigenvalue weighted by molar-refractivity contribution is 5.91. The third kappa shape index (κ3) is 6.05. The van der Waals surface area contributed by atoms with Gasteiger partial charge in [0.15, 0.2) is 5.69 Å². The summed E-state index contributed by atoms with van der Waals surface area (Å²) in [5.74, 6) is -0.147. The topological polar surface area (TPSA) is 81.5 Å². The average molecular weight is 351 g/mol. The molecule has 0 bridgehead atoms. The first kappa shape index (κ1) is 18.3. The second-order valence-corrected chi connectivity index (χ2v) is 6.73. The van der Waals surface area contributed by atoms with Crippen LogP contribution in [-0.4, -0.2) is 77.9 Å². The molecule has 0 spiro atoms. The minimum Gasteiger partial charge on any atom is -0.379 e. The quantitative estimate of drug-likeness (QED) is 0.659. The van der Waals surface area contributed by atoms with Crippen LogP contribution in [0.15, 0.2) is 6.20 Å². The molecule has 2 aliphatic rings. The van der Waals surface area contributed by atoms with Crippen LogP contribution in [0.4, 0.5) is 0 Å². The number of amides is 1. The van der Waals surface area contributed by atoms with Crippen LogP contribution in [0.5, 0.6) is 0 Å². The van der Waals surface area contributed by atoms with Crippen molar-refractivity contribution in [2.75, 3.05) is 46.0 Å². The van der Waals surface area contributed by atoms with E-state index in [0.29, 0.717) is 18.8 Å². The van der Waals surface area contributed by atoms with Crippen molar-refractivity contribution < 1.29 is 14.3 Å². The Bertz CT molecular complexity index is 524. The number of hydrogen-bond acceptors (Lipinski definition) is 6. The predicted octanol–water partition coefficient (Wildman–Crippen LogP) is 0.689. The molecule has 1 aromatic heterocycles. The van der Waals surface area contributed by atoms with Crippen LogP contribution in [0.2, 0.25) is 0 Å². The molecule has 3 rings (SSSR count). The summed E-state index contributed by atoms with van der Waals surface area (Å²) in [7, 11) is 0. The third-order valence-electron chi connectivity index (χ3n) is 4.73. The zero-order valence-electron chi connectivity index (χ0n) is 14.9. The number of carbonyl (C=O) groups excluding carboxylic acids is 1. The summed E-state index contributed by atoms with van der Waals surface area (Å²) in [5.41, 5.74) is 0.381. The smallest absolute Gasteiger partial charge is 0.273 e. The number of aromatic nitrogens is 3. The molecule has 2 aliphatic heterocycles. The van der Waals surface area contributed by atoms with Gasteiger partial charge in [0.05, 0.1) is 32.1 Å². The van der Waals surface area contributed by atoms with E-state index in [1.54, 1.807) is 10.9 Å². The average Bonchev–Trinajstić information content (AvgIpc) is 3.31. The molecule has 8 heteroatoms. The molecule has 3 heterocycles. The second kappa shape index (κ2) is 9.84. The Morgan fingerprint density at radius 3 is 2.92 bits per heavy atom. The van der Waals surface area contributed by atoms with E-state index in [4.69, 9.17) is 9.47 Å². The van der Waals surface area contributed by atoms with Crippen molar-refractivity contribution in [3.63, 3.8) is 0 Å². The van der Waals surface area contributed by atoms with Gasteiger partial charge in [-0.1, -0.05) is 11.6 Å². The van der Waals surface area contributed by atoms with E-state index in [9.17, 15) is 4.79 Å². The van der Waals surface area contributed by atoms with E-state index < -0.39 is 0 Å². The highest BCUT2D eigenvalue weighted by atomic mass is 16.5. The van der Waals surface area contributed by atoms with Gasteiger partial charge in [0.2, 0.25) is 0 Å². The SMILES string of the molecule is O=C(NCCCCCN1CCOCC1)c1cn(C[C@H]2CCCO2)nn1. The van der Waals surface area contributed by atoms with E-state index in [1.807, 2.05) is 0 Å². The molecule has 2 saturated heterocycles. The van der Waals surface area contributed by atoms with Crippen LogP contribution in [0, 0.1) is 0 Å². The molecule has 0 aromatic carbocycles. The largest absolute Gasteiger partial charge is 0.379 e. The first-order valence-electron chi connectivity index (χ1n) is 9.41. The Morgan fingerprint density at radius 1 is 1.24 bits per heavy atom. The van der Waals surface area contributed by atoms with Gasteiger partial charge in [-0.05, 0) is 32.2 Å². The van der Waals surface area contributed by atoms with E-state index in [2.05, 4.69) is 20.5 Å². The van der Waals surface area contributed by atoms with Crippen molar-refractivity contribution in [1.82, 2.24) is 25.2 Å². The van der Waals surface area contributed by atoms with E-state index in [0.717, 1.165) is 71.6 Å². The molecule has 1 amide bonds. The molecular weight excluding hydrogens is 322 g/mol. The van der Waals surface area contributed by atoms with E-state index in [-0.39, 0.29) is 12.0 Å². The monoisotopic (exact) mass is 351 g/mol.